The Kier molecular flexibility index (Phi) is 8.69. The average Bonchev–Trinajstić information content (AvgIpc) is 2.69. The molecule has 0 unspecified atom stereocenters. The molecule has 2 aliphatic rings. The molecule has 0 bridgehead atoms. The highest BCUT2D eigenvalue weighted by atomic mass is 16.7. The lowest BCUT2D eigenvalue weighted by Crippen LogP contribution is -2.68. The maximum Gasteiger partial charge on any atom is 0.364 e. The lowest BCUT2D eigenvalue weighted by molar-refractivity contribution is -0.326. The van der Waals surface area contributed by atoms with Crippen molar-refractivity contribution in [2.24, 2.45) is 0 Å². The number of aliphatic hydroxyl groups is 7. The van der Waals surface area contributed by atoms with Crippen molar-refractivity contribution in [2.75, 3.05) is 13.2 Å². The molecule has 0 aromatic heterocycles. The van der Waals surface area contributed by atoms with Crippen LogP contribution < -0.4 is 5.32 Å². The number of nitrogens with one attached hydrogen (secondary N) is 1. The van der Waals surface area contributed by atoms with Gasteiger partial charge in [-0.1, -0.05) is 0 Å². The predicted molar refractivity (Wildman–Crippen MR) is 96.0 cm³/mol. The average molecular weight is 455 g/mol. The first kappa shape index (κ1) is 25.8. The van der Waals surface area contributed by atoms with E-state index >= 15 is 0 Å². The van der Waals surface area contributed by atoms with Crippen LogP contribution in [0.4, 0.5) is 0 Å². The molecule has 180 valence electrons. The van der Waals surface area contributed by atoms with Crippen molar-refractivity contribution in [3.05, 3.63) is 0 Å². The summed E-state index contributed by atoms with van der Waals surface area (Å²) in [6.45, 7) is -0.528. The number of carbonyl (C=O) groups excluding carboxylic acids is 1. The second-order valence-corrected chi connectivity index (χ2v) is 7.61. The zero-order valence-electron chi connectivity index (χ0n) is 16.6. The second kappa shape index (κ2) is 10.4. The monoisotopic (exact) mass is 455 g/mol. The number of ether oxygens (including phenoxy) is 3. The minimum atomic E-state index is -2.62. The largest absolute Gasteiger partial charge is 0.477 e. The first-order chi connectivity index (χ1) is 14.4. The Labute approximate surface area is 176 Å². The van der Waals surface area contributed by atoms with Gasteiger partial charge >= 0.3 is 5.97 Å². The number of carboxylic acid groups (broad SMARTS) is 1. The molecule has 2 heterocycles. The zero-order valence-corrected chi connectivity index (χ0v) is 16.6. The number of aliphatic carboxylic acids is 1. The van der Waals surface area contributed by atoms with Crippen LogP contribution in [0, 0.1) is 0 Å². The standard InChI is InChI=1S/C17H29NO13/c1-6(20)18-12-8(22)3-17(16(27)28,31-15(12)14(26)9(23)4-19)29-5-10-13(25)7(21)2-11(24)30-10/h7-15,19,21-26H,2-5H2,1H3,(H,18,20)(H,27,28)/t7-,8+,9-,10-,11+,12-,13-,14-,15-,17-/m1/s1. The molecule has 2 rings (SSSR count). The van der Waals surface area contributed by atoms with Gasteiger partial charge in [-0.15, -0.1) is 0 Å². The number of hydrogen-bond donors (Lipinski definition) is 9. The number of hydrogen-bond acceptors (Lipinski definition) is 12. The maximum absolute atomic E-state index is 12.0. The van der Waals surface area contributed by atoms with Crippen LogP contribution >= 0.6 is 0 Å². The van der Waals surface area contributed by atoms with E-state index in [1.165, 1.54) is 0 Å². The van der Waals surface area contributed by atoms with Gasteiger partial charge in [-0.25, -0.2) is 4.79 Å². The van der Waals surface area contributed by atoms with E-state index in [-0.39, 0.29) is 6.42 Å². The van der Waals surface area contributed by atoms with Crippen LogP contribution in [0.3, 0.4) is 0 Å². The van der Waals surface area contributed by atoms with E-state index in [0.717, 1.165) is 6.92 Å². The molecule has 0 spiro atoms. The Morgan fingerprint density at radius 3 is 2.39 bits per heavy atom. The van der Waals surface area contributed by atoms with Crippen LogP contribution in [-0.2, 0) is 23.8 Å². The molecule has 0 radical (unpaired) electrons. The molecule has 9 N–H and O–H groups in total. The minimum absolute atomic E-state index is 0.275. The number of rotatable bonds is 8. The Bertz CT molecular complexity index is 635. The SMILES string of the molecule is CC(=O)N[C@H]1[C@H]([C@H](O)[C@H](O)CO)O[C@@](OC[C@H]2O[C@H](O)C[C@@H](O)[C@H]2O)(C(=O)O)C[C@@H]1O. The van der Waals surface area contributed by atoms with E-state index in [1.807, 2.05) is 0 Å². The molecule has 0 saturated carbocycles. The van der Waals surface area contributed by atoms with Crippen LogP contribution in [0.2, 0.25) is 0 Å². The molecule has 14 nitrogen and oxygen atoms in total. The summed E-state index contributed by atoms with van der Waals surface area (Å²) in [5, 5.41) is 81.0. The van der Waals surface area contributed by atoms with Gasteiger partial charge in [-0.2, -0.15) is 0 Å². The van der Waals surface area contributed by atoms with Crippen LogP contribution in [0.1, 0.15) is 19.8 Å². The van der Waals surface area contributed by atoms with Gasteiger partial charge in [0, 0.05) is 19.8 Å². The fraction of sp³-hybridized carbons (Fsp3) is 0.882. The van der Waals surface area contributed by atoms with Gasteiger partial charge in [-0.05, 0) is 0 Å². The third-order valence-corrected chi connectivity index (χ3v) is 5.22. The highest BCUT2D eigenvalue weighted by Crippen LogP contribution is 2.34. The molecular formula is C17H29NO13. The highest BCUT2D eigenvalue weighted by Gasteiger charge is 2.56. The molecule has 2 aliphatic heterocycles. The molecule has 14 heteroatoms. The predicted octanol–water partition coefficient (Wildman–Crippen LogP) is -5.02. The van der Waals surface area contributed by atoms with E-state index in [9.17, 15) is 45.3 Å². The van der Waals surface area contributed by atoms with Crippen molar-refractivity contribution < 1.29 is 64.7 Å². The molecule has 10 atom stereocenters. The van der Waals surface area contributed by atoms with E-state index in [0.29, 0.717) is 0 Å². The van der Waals surface area contributed by atoms with E-state index in [1.54, 1.807) is 0 Å². The van der Waals surface area contributed by atoms with Gasteiger partial charge in [0.25, 0.3) is 5.79 Å². The smallest absolute Gasteiger partial charge is 0.364 e. The van der Waals surface area contributed by atoms with Gasteiger partial charge in [0.05, 0.1) is 31.5 Å². The van der Waals surface area contributed by atoms with Crippen LogP contribution in [0.15, 0.2) is 0 Å². The second-order valence-electron chi connectivity index (χ2n) is 7.61. The topological polar surface area (TPSA) is 236 Å². The molecule has 2 saturated heterocycles. The summed E-state index contributed by atoms with van der Waals surface area (Å²) in [5.41, 5.74) is 0. The first-order valence-electron chi connectivity index (χ1n) is 9.58. The summed E-state index contributed by atoms with van der Waals surface area (Å²) in [7, 11) is 0. The van der Waals surface area contributed by atoms with Gasteiger partial charge < -0.3 is 60.4 Å². The Hall–Kier alpha value is -1.46. The van der Waals surface area contributed by atoms with E-state index in [4.69, 9.17) is 19.3 Å². The molecule has 31 heavy (non-hydrogen) atoms. The quantitative estimate of drug-likeness (QED) is 0.167. The Morgan fingerprint density at radius 1 is 1.19 bits per heavy atom. The molecule has 0 aromatic carbocycles. The summed E-state index contributed by atoms with van der Waals surface area (Å²) in [6, 6.07) is -1.36. The molecule has 0 aliphatic carbocycles. The lowest BCUT2D eigenvalue weighted by Gasteiger charge is -2.47. The number of aliphatic hydroxyl groups excluding tert-OH is 7. The Morgan fingerprint density at radius 2 is 1.84 bits per heavy atom. The van der Waals surface area contributed by atoms with Gasteiger partial charge in [-0.3, -0.25) is 4.79 Å². The highest BCUT2D eigenvalue weighted by molar-refractivity contribution is 5.76. The van der Waals surface area contributed by atoms with Crippen molar-refractivity contribution in [2.45, 2.75) is 80.6 Å². The van der Waals surface area contributed by atoms with Crippen LogP contribution in [-0.4, -0.2) is 127 Å². The Balaban J connectivity index is 2.27. The van der Waals surface area contributed by atoms with E-state index in [2.05, 4.69) is 5.32 Å². The van der Waals surface area contributed by atoms with Gasteiger partial charge in [0.1, 0.15) is 30.5 Å². The van der Waals surface area contributed by atoms with Crippen LogP contribution in [0.5, 0.6) is 0 Å². The summed E-state index contributed by atoms with van der Waals surface area (Å²) in [6.07, 6.45) is -13.8. The number of carbonyl (C=O) groups is 2. The third kappa shape index (κ3) is 5.87. The first-order valence-corrected chi connectivity index (χ1v) is 9.58. The van der Waals surface area contributed by atoms with Gasteiger partial charge in [0.15, 0.2) is 6.29 Å². The van der Waals surface area contributed by atoms with Crippen molar-refractivity contribution in [3.8, 4) is 0 Å². The van der Waals surface area contributed by atoms with Crippen molar-refractivity contribution in [1.29, 1.82) is 0 Å². The number of carboxylic acids is 1. The molecular weight excluding hydrogens is 426 g/mol. The lowest BCUT2D eigenvalue weighted by atomic mass is 9.88. The molecule has 1 amide bonds. The normalized spacial score (nSPS) is 40.7. The van der Waals surface area contributed by atoms with E-state index < -0.39 is 92.4 Å². The number of amides is 1. The van der Waals surface area contributed by atoms with Crippen molar-refractivity contribution in [1.82, 2.24) is 5.32 Å². The summed E-state index contributed by atoms with van der Waals surface area (Å²) in [5.74, 6) is -5.00. The summed E-state index contributed by atoms with van der Waals surface area (Å²) in [4.78, 5) is 23.5. The van der Waals surface area contributed by atoms with Crippen molar-refractivity contribution in [3.63, 3.8) is 0 Å². The summed E-state index contributed by atoms with van der Waals surface area (Å²) < 4.78 is 15.7. The zero-order chi connectivity index (χ0) is 23.5. The van der Waals surface area contributed by atoms with Crippen LogP contribution in [0.25, 0.3) is 0 Å². The summed E-state index contributed by atoms with van der Waals surface area (Å²) >= 11 is 0. The third-order valence-electron chi connectivity index (χ3n) is 5.22. The molecule has 2 fully saturated rings. The fourth-order valence-corrected chi connectivity index (χ4v) is 3.56. The maximum atomic E-state index is 12.0. The fourth-order valence-electron chi connectivity index (χ4n) is 3.56. The molecule has 0 aromatic rings. The van der Waals surface area contributed by atoms with Crippen molar-refractivity contribution >= 4 is 11.9 Å². The van der Waals surface area contributed by atoms with Gasteiger partial charge in [0.2, 0.25) is 5.91 Å². The minimum Gasteiger partial charge on any atom is -0.477 e.